The van der Waals surface area contributed by atoms with E-state index in [1.165, 1.54) is 5.56 Å². The number of likely N-dealkylation sites (tertiary alicyclic amines) is 1. The predicted molar refractivity (Wildman–Crippen MR) is 188 cm³/mol. The predicted octanol–water partition coefficient (Wildman–Crippen LogP) is 5.66. The summed E-state index contributed by atoms with van der Waals surface area (Å²) in [5, 5.41) is 7.76. The van der Waals surface area contributed by atoms with E-state index in [0.29, 0.717) is 6.54 Å². The normalized spacial score (nSPS) is 17.1. The number of carbonyl (C=O) groups excluding carboxylic acids is 1. The van der Waals surface area contributed by atoms with Crippen LogP contribution in [0.1, 0.15) is 36.0 Å². The number of piperidine rings is 1. The van der Waals surface area contributed by atoms with Crippen LogP contribution in [0.2, 0.25) is 0 Å². The van der Waals surface area contributed by atoms with Crippen LogP contribution in [-0.4, -0.2) is 69.5 Å². The number of fused-ring (bicyclic) bond motifs is 1. The van der Waals surface area contributed by atoms with Crippen LogP contribution in [0.5, 0.6) is 0 Å². The molecule has 47 heavy (non-hydrogen) atoms. The minimum absolute atomic E-state index is 0.0685. The molecule has 2 N–H and O–H groups in total. The lowest BCUT2D eigenvalue weighted by molar-refractivity contribution is -0.122. The highest BCUT2D eigenvalue weighted by atomic mass is 16.2. The summed E-state index contributed by atoms with van der Waals surface area (Å²) in [5.41, 5.74) is 5.23. The van der Waals surface area contributed by atoms with E-state index in [1.54, 1.807) is 12.4 Å². The largest absolute Gasteiger partial charge is 0.365 e. The van der Waals surface area contributed by atoms with Gasteiger partial charge >= 0.3 is 0 Å². The minimum Gasteiger partial charge on any atom is -0.365 e. The third kappa shape index (κ3) is 7.33. The van der Waals surface area contributed by atoms with E-state index >= 15 is 0 Å². The lowest BCUT2D eigenvalue weighted by Gasteiger charge is -2.34. The topological polar surface area (TPSA) is 102 Å². The average molecular weight is 628 g/mol. The van der Waals surface area contributed by atoms with Crippen molar-refractivity contribution in [2.24, 2.45) is 0 Å². The molecule has 2 aliphatic heterocycles. The van der Waals surface area contributed by atoms with Crippen LogP contribution >= 0.6 is 0 Å². The molecule has 2 aromatic heterocycles. The number of hydrogen-bond donors (Lipinski definition) is 2. The first-order chi connectivity index (χ1) is 23.1. The first kappa shape index (κ1) is 30.6. The summed E-state index contributed by atoms with van der Waals surface area (Å²) in [5.74, 6) is 2.36. The van der Waals surface area contributed by atoms with E-state index in [0.717, 1.165) is 104 Å². The van der Waals surface area contributed by atoms with E-state index in [1.807, 2.05) is 24.3 Å². The number of hydrogen-bond acceptors (Lipinski definition) is 9. The number of carbonyl (C=O) groups is 1. The van der Waals surface area contributed by atoms with Crippen LogP contribution in [0.15, 0.2) is 91.3 Å². The second kappa shape index (κ2) is 14.1. The van der Waals surface area contributed by atoms with Gasteiger partial charge in [0.05, 0.1) is 11.6 Å². The zero-order valence-electron chi connectivity index (χ0n) is 26.8. The third-order valence-electron chi connectivity index (χ3n) is 9.06. The zero-order valence-corrected chi connectivity index (χ0v) is 26.8. The monoisotopic (exact) mass is 627 g/mol. The molecule has 2 aliphatic rings. The fourth-order valence-electron chi connectivity index (χ4n) is 6.48. The Labute approximate surface area is 275 Å². The standard InChI is InChI=1S/C37H41N9O/c1-27-11-16-32-31(24-27)34(43-37(42-32)45-22-20-44(21-23-45)36-38-17-7-18-39-36)40-25-28-12-14-30(15-13-28)41-35(47)33-10-5-6-19-46(33)26-29-8-3-2-4-9-29/h2-4,7-9,11-18,24,33H,5-6,10,19-23,25-26H2,1H3,(H,41,47)(H,40,42,43). The van der Waals surface area contributed by atoms with Gasteiger partial charge in [-0.25, -0.2) is 15.0 Å². The van der Waals surface area contributed by atoms with Crippen molar-refractivity contribution in [2.75, 3.05) is 53.2 Å². The molecular formula is C37H41N9O. The number of benzene rings is 3. The smallest absolute Gasteiger partial charge is 0.241 e. The van der Waals surface area contributed by atoms with Gasteiger partial charge in [0, 0.05) is 62.7 Å². The number of aryl methyl sites for hydroxylation is 1. The van der Waals surface area contributed by atoms with Crippen molar-refractivity contribution in [1.82, 2.24) is 24.8 Å². The minimum atomic E-state index is -0.122. The van der Waals surface area contributed by atoms with Crippen molar-refractivity contribution in [3.05, 3.63) is 108 Å². The van der Waals surface area contributed by atoms with E-state index in [4.69, 9.17) is 9.97 Å². The molecule has 10 nitrogen and oxygen atoms in total. The highest BCUT2D eigenvalue weighted by Gasteiger charge is 2.29. The van der Waals surface area contributed by atoms with Gasteiger partial charge in [0.2, 0.25) is 17.8 Å². The van der Waals surface area contributed by atoms with Crippen molar-refractivity contribution in [3.63, 3.8) is 0 Å². The Balaban J connectivity index is 1.00. The van der Waals surface area contributed by atoms with Gasteiger partial charge in [0.25, 0.3) is 0 Å². The molecule has 1 unspecified atom stereocenters. The summed E-state index contributed by atoms with van der Waals surface area (Å²) in [4.78, 5) is 38.9. The highest BCUT2D eigenvalue weighted by Crippen LogP contribution is 2.27. The number of nitrogens with zero attached hydrogens (tertiary/aromatic N) is 7. The summed E-state index contributed by atoms with van der Waals surface area (Å²) >= 11 is 0. The maximum atomic E-state index is 13.4. The fourth-order valence-corrected chi connectivity index (χ4v) is 6.48. The fraction of sp³-hybridized carbons (Fsp3) is 0.324. The van der Waals surface area contributed by atoms with Gasteiger partial charge in [-0.1, -0.05) is 60.5 Å². The zero-order chi connectivity index (χ0) is 32.0. The first-order valence-electron chi connectivity index (χ1n) is 16.6. The number of amides is 1. The van der Waals surface area contributed by atoms with Crippen molar-refractivity contribution in [1.29, 1.82) is 0 Å². The molecule has 5 aromatic rings. The molecule has 10 heteroatoms. The van der Waals surface area contributed by atoms with Crippen molar-refractivity contribution in [2.45, 2.75) is 45.3 Å². The van der Waals surface area contributed by atoms with Gasteiger partial charge in [-0.15, -0.1) is 0 Å². The molecule has 240 valence electrons. The molecule has 1 atom stereocenters. The third-order valence-corrected chi connectivity index (χ3v) is 9.06. The summed E-state index contributed by atoms with van der Waals surface area (Å²) in [6, 6.07) is 26.5. The SMILES string of the molecule is Cc1ccc2nc(N3CCN(c4ncccn4)CC3)nc(NCc3ccc(NC(=O)C4CCCCN4Cc4ccccc4)cc3)c2c1. The lowest BCUT2D eigenvalue weighted by atomic mass is 10.00. The first-order valence-corrected chi connectivity index (χ1v) is 16.6. The maximum absolute atomic E-state index is 13.4. The molecular weight excluding hydrogens is 586 g/mol. The summed E-state index contributed by atoms with van der Waals surface area (Å²) in [7, 11) is 0. The molecule has 2 saturated heterocycles. The number of rotatable bonds is 9. The van der Waals surface area contributed by atoms with Crippen LogP contribution in [0.25, 0.3) is 10.9 Å². The van der Waals surface area contributed by atoms with Crippen LogP contribution < -0.4 is 20.4 Å². The van der Waals surface area contributed by atoms with Gasteiger partial charge in [-0.3, -0.25) is 9.69 Å². The van der Waals surface area contributed by atoms with Gasteiger partial charge in [-0.2, -0.15) is 4.98 Å². The Morgan fingerprint density at radius 1 is 0.787 bits per heavy atom. The van der Waals surface area contributed by atoms with Crippen LogP contribution in [0.3, 0.4) is 0 Å². The summed E-state index contributed by atoms with van der Waals surface area (Å²) in [6.45, 7) is 7.59. The molecule has 0 radical (unpaired) electrons. The van der Waals surface area contributed by atoms with Crippen LogP contribution in [0, 0.1) is 6.92 Å². The van der Waals surface area contributed by atoms with Crippen molar-refractivity contribution >= 4 is 40.2 Å². The molecule has 4 heterocycles. The molecule has 0 spiro atoms. The van der Waals surface area contributed by atoms with Gasteiger partial charge in [0.15, 0.2) is 0 Å². The van der Waals surface area contributed by atoms with Gasteiger partial charge < -0.3 is 20.4 Å². The van der Waals surface area contributed by atoms with E-state index < -0.39 is 0 Å². The molecule has 2 fully saturated rings. The van der Waals surface area contributed by atoms with Gasteiger partial charge in [-0.05, 0) is 67.8 Å². The Kier molecular flexibility index (Phi) is 9.19. The van der Waals surface area contributed by atoms with Crippen LogP contribution in [-0.2, 0) is 17.9 Å². The average Bonchev–Trinajstić information content (AvgIpc) is 3.12. The second-order valence-corrected chi connectivity index (χ2v) is 12.4. The Bertz CT molecular complexity index is 1790. The number of aromatic nitrogens is 4. The lowest BCUT2D eigenvalue weighted by Crippen LogP contribution is -2.47. The Hall–Kier alpha value is -5.09. The van der Waals surface area contributed by atoms with E-state index in [-0.39, 0.29) is 11.9 Å². The van der Waals surface area contributed by atoms with Crippen molar-refractivity contribution in [3.8, 4) is 0 Å². The molecule has 7 rings (SSSR count). The van der Waals surface area contributed by atoms with E-state index in [9.17, 15) is 4.79 Å². The molecule has 0 bridgehead atoms. The van der Waals surface area contributed by atoms with Crippen LogP contribution in [0.4, 0.5) is 23.4 Å². The molecule has 0 saturated carbocycles. The Morgan fingerprint density at radius 3 is 2.30 bits per heavy atom. The number of piperazine rings is 1. The molecule has 3 aromatic carbocycles. The highest BCUT2D eigenvalue weighted by molar-refractivity contribution is 5.95. The van der Waals surface area contributed by atoms with Gasteiger partial charge in [0.1, 0.15) is 5.82 Å². The summed E-state index contributed by atoms with van der Waals surface area (Å²) < 4.78 is 0. The number of nitrogens with one attached hydrogen (secondary N) is 2. The molecule has 0 aliphatic carbocycles. The summed E-state index contributed by atoms with van der Waals surface area (Å²) in [6.07, 6.45) is 6.64. The second-order valence-electron chi connectivity index (χ2n) is 12.4. The van der Waals surface area contributed by atoms with Crippen molar-refractivity contribution < 1.29 is 4.79 Å². The van der Waals surface area contributed by atoms with E-state index in [2.05, 4.69) is 96.8 Å². The number of anilines is 4. The Morgan fingerprint density at radius 2 is 1.53 bits per heavy atom. The quantitative estimate of drug-likeness (QED) is 0.214. The molecule has 1 amide bonds. The maximum Gasteiger partial charge on any atom is 0.241 e.